The minimum atomic E-state index is -3.18. The molecule has 0 aliphatic heterocycles. The van der Waals surface area contributed by atoms with Gasteiger partial charge in [-0.2, -0.15) is 0 Å². The van der Waals surface area contributed by atoms with E-state index in [4.69, 9.17) is 4.74 Å². The summed E-state index contributed by atoms with van der Waals surface area (Å²) < 4.78 is 45.8. The van der Waals surface area contributed by atoms with Gasteiger partial charge in [0.15, 0.2) is 6.61 Å². The maximum Gasteiger partial charge on any atom is 0.270 e. The summed E-state index contributed by atoms with van der Waals surface area (Å²) in [5.74, 6) is -4.19. The van der Waals surface area contributed by atoms with Crippen LogP contribution in [0.4, 0.5) is 13.2 Å². The van der Waals surface area contributed by atoms with E-state index in [2.05, 4.69) is 17.2 Å². The molecule has 0 unspecified atom stereocenters. The monoisotopic (exact) mass is 448 g/mol. The molecule has 0 radical (unpaired) electrons. The molecule has 0 saturated heterocycles. The first kappa shape index (κ1) is 25.0. The Morgan fingerprint density at radius 1 is 1.03 bits per heavy atom. The van der Waals surface area contributed by atoms with Gasteiger partial charge in [0.05, 0.1) is 0 Å². The minimum absolute atomic E-state index is 0.0171. The fraction of sp³-hybridized carbons (Fsp3) is 0.333. The second kappa shape index (κ2) is 10.8. The largest absolute Gasteiger partial charge is 0.484 e. The highest BCUT2D eigenvalue weighted by molar-refractivity contribution is 5.80. The van der Waals surface area contributed by atoms with Crippen molar-refractivity contribution in [3.05, 3.63) is 76.7 Å². The Bertz CT molecular complexity index is 1000. The Hall–Kier alpha value is -3.29. The zero-order chi connectivity index (χ0) is 23.9. The molecule has 32 heavy (non-hydrogen) atoms. The van der Waals surface area contributed by atoms with Crippen LogP contribution < -0.4 is 15.4 Å². The van der Waals surface area contributed by atoms with Gasteiger partial charge >= 0.3 is 0 Å². The molecule has 5 nitrogen and oxygen atoms in total. The maximum absolute atomic E-state index is 13.6. The predicted octanol–water partition coefficient (Wildman–Crippen LogP) is 4.66. The third-order valence-corrected chi connectivity index (χ3v) is 4.77. The normalized spacial score (nSPS) is 11.1. The van der Waals surface area contributed by atoms with E-state index in [1.54, 1.807) is 6.07 Å². The molecule has 2 amide bonds. The van der Waals surface area contributed by atoms with Crippen molar-refractivity contribution in [2.45, 2.75) is 46.1 Å². The lowest BCUT2D eigenvalue weighted by atomic mass is 10.1. The minimum Gasteiger partial charge on any atom is -0.484 e. The molecule has 8 heteroatoms. The number of aryl methyl sites for hydroxylation is 2. The lowest BCUT2D eigenvalue weighted by Gasteiger charge is -2.13. The zero-order valence-electron chi connectivity index (χ0n) is 18.4. The van der Waals surface area contributed by atoms with Crippen LogP contribution >= 0.6 is 0 Å². The van der Waals surface area contributed by atoms with Crippen molar-refractivity contribution in [2.75, 3.05) is 6.61 Å². The van der Waals surface area contributed by atoms with Gasteiger partial charge in [-0.3, -0.25) is 9.59 Å². The number of halogens is 3. The molecule has 2 aromatic carbocycles. The van der Waals surface area contributed by atoms with Crippen molar-refractivity contribution < 1.29 is 27.5 Å². The number of benzene rings is 2. The number of rotatable bonds is 10. The highest BCUT2D eigenvalue weighted by Gasteiger charge is 2.25. The first-order valence-electron chi connectivity index (χ1n) is 10.1. The van der Waals surface area contributed by atoms with E-state index in [1.807, 2.05) is 26.0 Å². The summed E-state index contributed by atoms with van der Waals surface area (Å²) in [4.78, 5) is 24.0. The average Bonchev–Trinajstić information content (AvgIpc) is 2.70. The molecule has 172 valence electrons. The topological polar surface area (TPSA) is 67.4 Å². The molecule has 0 aliphatic carbocycles. The molecular weight excluding hydrogens is 421 g/mol. The molecule has 0 saturated carbocycles. The average molecular weight is 448 g/mol. The summed E-state index contributed by atoms with van der Waals surface area (Å²) in [6, 6.07) is 8.52. The van der Waals surface area contributed by atoms with Crippen molar-refractivity contribution in [3.63, 3.8) is 0 Å². The maximum atomic E-state index is 13.6. The summed E-state index contributed by atoms with van der Waals surface area (Å²) in [7, 11) is 0. The quantitative estimate of drug-likeness (QED) is 0.556. The number of nitrogens with one attached hydrogen (secondary N) is 2. The van der Waals surface area contributed by atoms with Gasteiger partial charge in [-0.05, 0) is 67.3 Å². The zero-order valence-corrected chi connectivity index (χ0v) is 18.4. The standard InChI is InChI=1S/C24H27F3N2O3/c1-15-5-7-21(9-16(15)2)32-14-23(31)29-17(3)6-8-22(30)28-13-18-10-19(24(4,26)27)12-20(25)11-18/h5,7,9-12H,3,6,8,13-14H2,1-2,4H3,(H,28,30)(H,29,31). The molecule has 0 spiro atoms. The first-order chi connectivity index (χ1) is 14.9. The highest BCUT2D eigenvalue weighted by atomic mass is 19.3. The third-order valence-electron chi connectivity index (χ3n) is 4.77. The van der Waals surface area contributed by atoms with E-state index in [0.29, 0.717) is 18.4 Å². The Balaban J connectivity index is 1.73. The highest BCUT2D eigenvalue weighted by Crippen LogP contribution is 2.28. The lowest BCUT2D eigenvalue weighted by Crippen LogP contribution is -2.29. The van der Waals surface area contributed by atoms with Crippen molar-refractivity contribution in [1.29, 1.82) is 0 Å². The van der Waals surface area contributed by atoms with Crippen LogP contribution in [0.15, 0.2) is 48.7 Å². The van der Waals surface area contributed by atoms with E-state index < -0.39 is 23.2 Å². The summed E-state index contributed by atoms with van der Waals surface area (Å²) in [6.07, 6.45) is 0.200. The molecule has 0 aromatic heterocycles. The third kappa shape index (κ3) is 8.09. The van der Waals surface area contributed by atoms with Crippen LogP contribution in [0.25, 0.3) is 0 Å². The second-order valence-corrected chi connectivity index (χ2v) is 7.70. The molecule has 0 aliphatic rings. The number of alkyl halides is 2. The van der Waals surface area contributed by atoms with Crippen LogP contribution in [0.1, 0.15) is 42.0 Å². The van der Waals surface area contributed by atoms with Crippen molar-refractivity contribution >= 4 is 11.8 Å². The van der Waals surface area contributed by atoms with E-state index in [1.165, 1.54) is 0 Å². The molecule has 0 fully saturated rings. The molecule has 2 N–H and O–H groups in total. The van der Waals surface area contributed by atoms with Gasteiger partial charge in [0.25, 0.3) is 11.8 Å². The second-order valence-electron chi connectivity index (χ2n) is 7.70. The van der Waals surface area contributed by atoms with Gasteiger partial charge in [0.2, 0.25) is 5.91 Å². The molecule has 2 rings (SSSR count). The van der Waals surface area contributed by atoms with Gasteiger partial charge in [-0.15, -0.1) is 0 Å². The molecular formula is C24H27F3N2O3. The number of carbonyl (C=O) groups excluding carboxylic acids is 2. The smallest absolute Gasteiger partial charge is 0.270 e. The van der Waals surface area contributed by atoms with Crippen LogP contribution in [0, 0.1) is 19.7 Å². The van der Waals surface area contributed by atoms with E-state index in [-0.39, 0.29) is 37.5 Å². The SMILES string of the molecule is C=C(CCC(=O)NCc1cc(F)cc(C(C)(F)F)c1)NC(=O)COc1ccc(C)c(C)c1. The molecule has 2 aromatic rings. The van der Waals surface area contributed by atoms with Crippen LogP contribution in [-0.2, 0) is 22.1 Å². The van der Waals surface area contributed by atoms with Crippen molar-refractivity contribution in [1.82, 2.24) is 10.6 Å². The Morgan fingerprint density at radius 2 is 1.75 bits per heavy atom. The van der Waals surface area contributed by atoms with Gasteiger partial charge in [-0.1, -0.05) is 12.6 Å². The number of amides is 2. The van der Waals surface area contributed by atoms with Gasteiger partial charge < -0.3 is 15.4 Å². The number of allylic oxidation sites excluding steroid dienone is 1. The van der Waals surface area contributed by atoms with Gasteiger partial charge in [0.1, 0.15) is 11.6 Å². The Morgan fingerprint density at radius 3 is 2.41 bits per heavy atom. The first-order valence-corrected chi connectivity index (χ1v) is 10.1. The van der Waals surface area contributed by atoms with E-state index >= 15 is 0 Å². The van der Waals surface area contributed by atoms with Gasteiger partial charge in [0, 0.05) is 31.1 Å². The van der Waals surface area contributed by atoms with Crippen molar-refractivity contribution in [2.24, 2.45) is 0 Å². The lowest BCUT2D eigenvalue weighted by molar-refractivity contribution is -0.123. The van der Waals surface area contributed by atoms with E-state index in [9.17, 15) is 22.8 Å². The Kier molecular flexibility index (Phi) is 8.46. The molecule has 0 heterocycles. The number of carbonyl (C=O) groups is 2. The number of ether oxygens (including phenoxy) is 1. The number of hydrogen-bond donors (Lipinski definition) is 2. The predicted molar refractivity (Wildman–Crippen MR) is 116 cm³/mol. The van der Waals surface area contributed by atoms with Gasteiger partial charge in [-0.25, -0.2) is 13.2 Å². The van der Waals surface area contributed by atoms with E-state index in [0.717, 1.165) is 29.3 Å². The van der Waals surface area contributed by atoms with Crippen molar-refractivity contribution in [3.8, 4) is 5.75 Å². The van der Waals surface area contributed by atoms with Crippen LogP contribution in [0.2, 0.25) is 0 Å². The fourth-order valence-electron chi connectivity index (χ4n) is 2.81. The molecule has 0 atom stereocenters. The van der Waals surface area contributed by atoms with Crippen LogP contribution in [-0.4, -0.2) is 18.4 Å². The summed E-state index contributed by atoms with van der Waals surface area (Å²) >= 11 is 0. The summed E-state index contributed by atoms with van der Waals surface area (Å²) in [5, 5.41) is 5.11. The summed E-state index contributed by atoms with van der Waals surface area (Å²) in [6.45, 7) is 8.02. The van der Waals surface area contributed by atoms with Crippen LogP contribution in [0.3, 0.4) is 0 Å². The fourth-order valence-corrected chi connectivity index (χ4v) is 2.81. The Labute approximate surface area is 185 Å². The summed E-state index contributed by atoms with van der Waals surface area (Å²) in [5.41, 5.74) is 2.28. The van der Waals surface area contributed by atoms with Crippen LogP contribution in [0.5, 0.6) is 5.75 Å². The number of hydrogen-bond acceptors (Lipinski definition) is 3. The molecule has 0 bridgehead atoms.